The standard InChI is InChI=1S/C22H18ClN3O5.C22H17N3O5.C15H8N2O7/c1-10-11(2)24-21-16(27)7-15-20(19(10)21)13(8-23)9-25(15)22(28)18-6-12-5-14(26(29)30)3-4-17(12)31-18;1-10-11(2)23-20-15(26)7-18-22(19(10)20)8-13(22)9-24(18)21(27)17-6-12-5-14(25(28)29)3-4-16(12)30-17;18-15(23-12-4-1-10(2-5-12)16(19)20)14-8-9-7-11(17(21)22)3-6-13(9)24-14/h3-7,13,24,27H,8-9H2,1-2H3;3-7,13,23H,8-9H2,1-2H3;1-8H/t13-;13-,22+;/m11./s1. The summed E-state index contributed by atoms with van der Waals surface area (Å²) in [4.78, 5) is 102. The number of nitrogens with one attached hydrogen (secondary N) is 2. The summed E-state index contributed by atoms with van der Waals surface area (Å²) in [6.07, 6.45) is 2.50. The van der Waals surface area contributed by atoms with Gasteiger partial charge in [0, 0.05) is 130 Å². The smallest absolute Gasteiger partial charge is 0.379 e. The molecule has 85 heavy (non-hydrogen) atoms. The number of aromatic hydroxyl groups is 1. The van der Waals surface area contributed by atoms with Gasteiger partial charge in [0.1, 0.15) is 28.2 Å². The van der Waals surface area contributed by atoms with E-state index in [1.54, 1.807) is 21.9 Å². The van der Waals surface area contributed by atoms with Crippen LogP contribution in [0, 0.1) is 74.1 Å². The van der Waals surface area contributed by atoms with Crippen LogP contribution in [0.5, 0.6) is 11.5 Å². The van der Waals surface area contributed by atoms with Crippen LogP contribution in [-0.2, 0) is 5.41 Å². The second-order valence-electron chi connectivity index (χ2n) is 20.9. The first-order valence-electron chi connectivity index (χ1n) is 26.1. The number of alkyl halides is 1. The SMILES string of the molecule is Cc1[nH]c2c(O)cc3c(c2c1C)[C@H](CCl)CN3C(=O)c1cc2cc([N+](=O)[O-])ccc2o1.Cc1[nH]c2c(c1C)[C@@]13C[C@@H]1CN(C(=O)c1cc4cc([N+](=O)[O-])ccc4o1)C3=CC2=O.O=C(Oc1ccc([N+](=O)[O-])cc1)c1cc2cc([N+](=O)[O-])ccc2o1. The number of phenolic OH excluding ortho intramolecular Hbond substituents is 1. The number of anilines is 1. The number of H-pyrrole nitrogens is 2. The molecule has 3 atom stereocenters. The van der Waals surface area contributed by atoms with Gasteiger partial charge in [-0.1, -0.05) is 0 Å². The van der Waals surface area contributed by atoms with Gasteiger partial charge in [-0.15, -0.1) is 11.6 Å². The lowest BCUT2D eigenvalue weighted by Gasteiger charge is -2.27. The summed E-state index contributed by atoms with van der Waals surface area (Å²) in [6.45, 7) is 8.75. The third-order valence-electron chi connectivity index (χ3n) is 16.1. The van der Waals surface area contributed by atoms with E-state index in [4.69, 9.17) is 29.6 Å². The summed E-state index contributed by atoms with van der Waals surface area (Å²) < 4.78 is 21.7. The lowest BCUT2D eigenvalue weighted by Crippen LogP contribution is -2.33. The molecule has 5 aromatic carbocycles. The Morgan fingerprint density at radius 2 is 1.15 bits per heavy atom. The molecule has 2 fully saturated rings. The lowest BCUT2D eigenvalue weighted by atomic mass is 9.83. The van der Waals surface area contributed by atoms with E-state index in [9.17, 15) is 64.7 Å². The number of amides is 2. The van der Waals surface area contributed by atoms with Crippen LogP contribution >= 0.6 is 11.6 Å². The van der Waals surface area contributed by atoms with Gasteiger partial charge >= 0.3 is 5.97 Å². The van der Waals surface area contributed by atoms with E-state index in [1.165, 1.54) is 97.1 Å². The number of hydrogen-bond donors (Lipinski definition) is 3. The number of nitro benzene ring substituents is 4. The molecule has 4 aliphatic rings. The van der Waals surface area contributed by atoms with Crippen molar-refractivity contribution in [2.75, 3.05) is 23.9 Å². The number of rotatable bonds is 9. The fraction of sp³-hybridized carbons (Fsp3) is 0.186. The third kappa shape index (κ3) is 9.12. The van der Waals surface area contributed by atoms with Gasteiger partial charge in [0.05, 0.1) is 36.6 Å². The summed E-state index contributed by atoms with van der Waals surface area (Å²) in [7, 11) is 0. The summed E-state index contributed by atoms with van der Waals surface area (Å²) >= 11 is 6.26. The number of ketones is 1. The first-order valence-corrected chi connectivity index (χ1v) is 26.6. The van der Waals surface area contributed by atoms with Crippen molar-refractivity contribution in [3.63, 3.8) is 0 Å². The molecule has 14 rings (SSSR count). The van der Waals surface area contributed by atoms with Crippen LogP contribution < -0.4 is 9.64 Å². The molecule has 3 N–H and O–H groups in total. The molecule has 2 aliphatic heterocycles. The van der Waals surface area contributed by atoms with Crippen molar-refractivity contribution in [1.29, 1.82) is 0 Å². The minimum atomic E-state index is -0.817. The number of nitro groups is 4. The van der Waals surface area contributed by atoms with Gasteiger partial charge < -0.3 is 42.9 Å². The van der Waals surface area contributed by atoms with E-state index in [2.05, 4.69) is 9.97 Å². The van der Waals surface area contributed by atoms with E-state index >= 15 is 0 Å². The second-order valence-corrected chi connectivity index (χ2v) is 21.2. The summed E-state index contributed by atoms with van der Waals surface area (Å²) in [5.41, 5.74) is 8.98. The van der Waals surface area contributed by atoms with Crippen LogP contribution in [0.1, 0.15) is 88.1 Å². The molecule has 0 radical (unpaired) electrons. The number of esters is 1. The lowest BCUT2D eigenvalue weighted by molar-refractivity contribution is -0.385. The van der Waals surface area contributed by atoms with Gasteiger partial charge in [0.15, 0.2) is 11.5 Å². The molecule has 25 nitrogen and oxygen atoms in total. The highest BCUT2D eigenvalue weighted by Gasteiger charge is 2.68. The van der Waals surface area contributed by atoms with Crippen LogP contribution in [0.3, 0.4) is 0 Å². The number of aromatic amines is 2. The van der Waals surface area contributed by atoms with Crippen molar-refractivity contribution in [3.8, 4) is 11.5 Å². The molecule has 2 amide bonds. The molecule has 0 bridgehead atoms. The summed E-state index contributed by atoms with van der Waals surface area (Å²) in [6, 6.07) is 23.2. The van der Waals surface area contributed by atoms with Crippen LogP contribution in [0.15, 0.2) is 128 Å². The fourth-order valence-corrected chi connectivity index (χ4v) is 12.0. The Bertz CT molecular complexity index is 4640. The van der Waals surface area contributed by atoms with Crippen LogP contribution in [-0.4, -0.2) is 82.2 Å². The molecule has 2 aliphatic carbocycles. The van der Waals surface area contributed by atoms with Crippen molar-refractivity contribution >= 4 is 107 Å². The van der Waals surface area contributed by atoms with E-state index in [0.717, 1.165) is 51.1 Å². The van der Waals surface area contributed by atoms with E-state index in [-0.39, 0.29) is 80.5 Å². The first-order chi connectivity index (χ1) is 40.5. The van der Waals surface area contributed by atoms with E-state index in [0.29, 0.717) is 68.8 Å². The van der Waals surface area contributed by atoms with E-state index in [1.807, 2.05) is 27.7 Å². The molecular formula is C59H43ClN8O17. The topological polar surface area (TPSA) is 348 Å². The number of non-ortho nitro benzene ring substituents is 4. The Hall–Kier alpha value is -11.0. The van der Waals surface area contributed by atoms with Gasteiger partial charge in [-0.3, -0.25) is 54.8 Å². The maximum absolute atomic E-state index is 13.4. The molecule has 0 unspecified atom stereocenters. The number of nitrogens with zero attached hydrogens (tertiary/aromatic N) is 6. The first kappa shape index (κ1) is 54.6. The minimum absolute atomic E-state index is 0.0539. The van der Waals surface area contributed by atoms with Crippen molar-refractivity contribution < 1.29 is 62.0 Å². The normalized spacial score (nSPS) is 17.1. The summed E-state index contributed by atoms with van der Waals surface area (Å²) in [5.74, 6) is -0.964. The van der Waals surface area contributed by atoms with E-state index < -0.39 is 31.6 Å². The average Bonchev–Trinajstić information content (AvgIpc) is 1.56. The number of piperidine rings is 1. The Morgan fingerprint density at radius 1 is 0.659 bits per heavy atom. The van der Waals surface area contributed by atoms with Crippen LogP contribution in [0.4, 0.5) is 28.4 Å². The molecule has 1 spiro atoms. The number of carbonyl (C=O) groups excluding carboxylic acids is 4. The predicted molar refractivity (Wildman–Crippen MR) is 305 cm³/mol. The number of hydrogen-bond acceptors (Lipinski definition) is 17. The highest BCUT2D eigenvalue weighted by Crippen LogP contribution is 2.67. The van der Waals surface area contributed by atoms with Crippen molar-refractivity contribution in [3.05, 3.63) is 212 Å². The molecular weight excluding hydrogens is 1130 g/mol. The Kier molecular flexibility index (Phi) is 13.0. The zero-order valence-electron chi connectivity index (χ0n) is 44.9. The number of fused-ring (bicyclic) bond motifs is 7. The molecule has 428 valence electrons. The molecule has 10 aromatic rings. The Balaban J connectivity index is 0.000000126. The maximum Gasteiger partial charge on any atom is 0.379 e. The number of aryl methyl sites for hydroxylation is 3. The maximum atomic E-state index is 13.4. The van der Waals surface area contributed by atoms with Gasteiger partial charge in [0.25, 0.3) is 34.6 Å². The number of likely N-dealkylation sites (tertiary alicyclic amines) is 1. The van der Waals surface area contributed by atoms with Crippen molar-refractivity contribution in [2.24, 2.45) is 5.92 Å². The zero-order valence-corrected chi connectivity index (χ0v) is 45.7. The highest BCUT2D eigenvalue weighted by atomic mass is 35.5. The zero-order chi connectivity index (χ0) is 60.2. The number of furan rings is 3. The van der Waals surface area contributed by atoms with Gasteiger partial charge in [-0.05, 0) is 111 Å². The quantitative estimate of drug-likeness (QED) is 0.0397. The number of ether oxygens (including phenoxy) is 1. The number of carbonyl (C=O) groups is 4. The van der Waals surface area contributed by atoms with Crippen LogP contribution in [0.2, 0.25) is 0 Å². The monoisotopic (exact) mass is 1170 g/mol. The number of allylic oxidation sites excluding steroid dienone is 2. The molecule has 1 saturated heterocycles. The highest BCUT2D eigenvalue weighted by molar-refractivity contribution is 6.19. The molecule has 1 saturated carbocycles. The Morgan fingerprint density at radius 3 is 1.68 bits per heavy atom. The number of phenols is 1. The third-order valence-corrected chi connectivity index (χ3v) is 16.5. The number of benzene rings is 5. The predicted octanol–water partition coefficient (Wildman–Crippen LogP) is 12.4. The average molecular weight is 1170 g/mol. The minimum Gasteiger partial charge on any atom is -0.506 e. The van der Waals surface area contributed by atoms with Gasteiger partial charge in [-0.25, -0.2) is 4.79 Å². The molecule has 26 heteroatoms. The van der Waals surface area contributed by atoms with Crippen LogP contribution in [0.25, 0.3) is 43.8 Å². The summed E-state index contributed by atoms with van der Waals surface area (Å²) in [5, 5.41) is 56.2. The number of halogens is 1. The molecule has 7 heterocycles. The largest absolute Gasteiger partial charge is 0.506 e. The van der Waals surface area contributed by atoms with Crippen molar-refractivity contribution in [1.82, 2.24) is 14.9 Å². The molecule has 5 aromatic heterocycles. The van der Waals surface area contributed by atoms with Crippen molar-refractivity contribution in [2.45, 2.75) is 45.4 Å². The second kappa shape index (κ2) is 20.2. The van der Waals surface area contributed by atoms with Gasteiger partial charge in [0.2, 0.25) is 11.5 Å². The Labute approximate surface area is 481 Å². The fourth-order valence-electron chi connectivity index (χ4n) is 11.7. The number of aromatic nitrogens is 2. The van der Waals surface area contributed by atoms with Gasteiger partial charge in [-0.2, -0.15) is 0 Å².